The van der Waals surface area contributed by atoms with Gasteiger partial charge in [0.25, 0.3) is 0 Å². The topological polar surface area (TPSA) is 79.2 Å². The summed E-state index contributed by atoms with van der Waals surface area (Å²) < 4.78 is 2.10. The molecular formula is C17H26N4O2. The van der Waals surface area contributed by atoms with E-state index in [2.05, 4.69) is 20.2 Å². The number of carbonyl (C=O) groups excluding carboxylic acids is 1. The number of aliphatic hydroxyl groups is 1. The molecule has 6 nitrogen and oxygen atoms in total. The van der Waals surface area contributed by atoms with Gasteiger partial charge >= 0.3 is 6.03 Å². The third-order valence-corrected chi connectivity index (χ3v) is 3.98. The summed E-state index contributed by atoms with van der Waals surface area (Å²) in [5.41, 5.74) is 1.94. The lowest BCUT2D eigenvalue weighted by atomic mass is 9.90. The Morgan fingerprint density at radius 2 is 2.04 bits per heavy atom. The van der Waals surface area contributed by atoms with Crippen molar-refractivity contribution in [2.24, 2.45) is 5.41 Å². The van der Waals surface area contributed by atoms with Crippen LogP contribution in [-0.2, 0) is 6.54 Å². The van der Waals surface area contributed by atoms with Gasteiger partial charge in [0.1, 0.15) is 5.82 Å². The number of fused-ring (bicyclic) bond motifs is 1. The highest BCUT2D eigenvalue weighted by atomic mass is 16.3. The predicted molar refractivity (Wildman–Crippen MR) is 91.4 cm³/mol. The van der Waals surface area contributed by atoms with E-state index >= 15 is 0 Å². The summed E-state index contributed by atoms with van der Waals surface area (Å²) in [4.78, 5) is 16.4. The van der Waals surface area contributed by atoms with Crippen LogP contribution in [0.1, 0.15) is 26.1 Å². The normalized spacial score (nSPS) is 11.7. The molecule has 1 aromatic carbocycles. The van der Waals surface area contributed by atoms with Crippen molar-refractivity contribution in [2.75, 3.05) is 19.7 Å². The predicted octanol–water partition coefficient (Wildman–Crippen LogP) is 2.05. The molecule has 0 aliphatic carbocycles. The smallest absolute Gasteiger partial charge is 0.314 e. The number of amides is 2. The zero-order valence-electron chi connectivity index (χ0n) is 14.1. The van der Waals surface area contributed by atoms with Crippen molar-refractivity contribution in [3.63, 3.8) is 0 Å². The van der Waals surface area contributed by atoms with E-state index in [1.54, 1.807) is 0 Å². The molecule has 1 aromatic heterocycles. The van der Waals surface area contributed by atoms with E-state index < -0.39 is 0 Å². The molecule has 0 saturated heterocycles. The number of urea groups is 1. The summed E-state index contributed by atoms with van der Waals surface area (Å²) in [5, 5.41) is 14.7. The van der Waals surface area contributed by atoms with Gasteiger partial charge in [0, 0.05) is 26.2 Å². The largest absolute Gasteiger partial charge is 0.396 e. The summed E-state index contributed by atoms with van der Waals surface area (Å²) in [6.45, 7) is 7.88. The van der Waals surface area contributed by atoms with E-state index in [4.69, 9.17) is 5.11 Å². The summed E-state index contributed by atoms with van der Waals surface area (Å²) in [6, 6.07) is 7.80. The molecule has 2 amide bonds. The number of rotatable bonds is 7. The summed E-state index contributed by atoms with van der Waals surface area (Å²) in [5.74, 6) is 0.942. The molecule has 126 valence electrons. The first-order valence-electron chi connectivity index (χ1n) is 7.97. The van der Waals surface area contributed by atoms with Gasteiger partial charge in [-0.2, -0.15) is 0 Å². The molecule has 0 spiro atoms. The Hall–Kier alpha value is -2.08. The molecule has 23 heavy (non-hydrogen) atoms. The van der Waals surface area contributed by atoms with Gasteiger partial charge < -0.3 is 20.3 Å². The fourth-order valence-corrected chi connectivity index (χ4v) is 2.53. The Labute approximate surface area is 136 Å². The quantitative estimate of drug-likeness (QED) is 0.731. The van der Waals surface area contributed by atoms with E-state index in [-0.39, 0.29) is 18.1 Å². The van der Waals surface area contributed by atoms with Crippen LogP contribution < -0.4 is 10.6 Å². The zero-order valence-corrected chi connectivity index (χ0v) is 14.1. The van der Waals surface area contributed by atoms with Crippen molar-refractivity contribution in [3.8, 4) is 0 Å². The van der Waals surface area contributed by atoms with Crippen molar-refractivity contribution < 1.29 is 9.90 Å². The average Bonchev–Trinajstić information content (AvgIpc) is 2.81. The molecule has 0 bridgehead atoms. The molecule has 2 rings (SSSR count). The number of nitrogens with zero attached hydrogens (tertiary/aromatic N) is 2. The van der Waals surface area contributed by atoms with E-state index in [0.717, 1.165) is 16.9 Å². The van der Waals surface area contributed by atoms with Crippen molar-refractivity contribution in [1.82, 2.24) is 20.2 Å². The van der Waals surface area contributed by atoms with E-state index in [0.29, 0.717) is 26.1 Å². The second kappa shape index (κ2) is 7.46. The van der Waals surface area contributed by atoms with Crippen LogP contribution in [0.25, 0.3) is 11.0 Å². The maximum atomic E-state index is 11.9. The minimum Gasteiger partial charge on any atom is -0.396 e. The summed E-state index contributed by atoms with van der Waals surface area (Å²) in [7, 11) is 0. The first kappa shape index (κ1) is 17.3. The minimum atomic E-state index is -0.182. The van der Waals surface area contributed by atoms with Gasteiger partial charge in [-0.15, -0.1) is 0 Å². The van der Waals surface area contributed by atoms with Gasteiger partial charge in [-0.25, -0.2) is 9.78 Å². The highest BCUT2D eigenvalue weighted by molar-refractivity contribution is 5.76. The molecular weight excluding hydrogens is 292 g/mol. The maximum absolute atomic E-state index is 11.9. The van der Waals surface area contributed by atoms with Crippen molar-refractivity contribution in [1.29, 1.82) is 0 Å². The first-order valence-corrected chi connectivity index (χ1v) is 7.97. The molecule has 1 heterocycles. The lowest BCUT2D eigenvalue weighted by molar-refractivity contribution is 0.201. The standard InChI is InChI=1S/C17H26N4O2/c1-13-20-14-6-4-5-7-15(14)21(13)10-9-18-16(23)19-12-17(2,3)8-11-22/h4-7,22H,8-12H2,1-3H3,(H2,18,19,23). The van der Waals surface area contributed by atoms with Crippen LogP contribution in [0.2, 0.25) is 0 Å². The lowest BCUT2D eigenvalue weighted by Gasteiger charge is -2.23. The average molecular weight is 318 g/mol. The zero-order chi connectivity index (χ0) is 16.9. The third kappa shape index (κ3) is 4.69. The van der Waals surface area contributed by atoms with Crippen molar-refractivity contribution in [3.05, 3.63) is 30.1 Å². The van der Waals surface area contributed by atoms with Crippen LogP contribution in [0, 0.1) is 12.3 Å². The molecule has 3 N–H and O–H groups in total. The number of nitrogens with one attached hydrogen (secondary N) is 2. The van der Waals surface area contributed by atoms with Gasteiger partial charge in [0.05, 0.1) is 11.0 Å². The minimum absolute atomic E-state index is 0.108. The number of aryl methyl sites for hydroxylation is 1. The summed E-state index contributed by atoms with van der Waals surface area (Å²) >= 11 is 0. The second-order valence-electron chi connectivity index (χ2n) is 6.55. The number of benzene rings is 1. The Morgan fingerprint density at radius 1 is 1.30 bits per heavy atom. The maximum Gasteiger partial charge on any atom is 0.314 e. The number of para-hydroxylation sites is 2. The van der Waals surface area contributed by atoms with Crippen LogP contribution in [-0.4, -0.2) is 40.4 Å². The molecule has 0 radical (unpaired) electrons. The molecule has 6 heteroatoms. The molecule has 0 aliphatic heterocycles. The van der Waals surface area contributed by atoms with Gasteiger partial charge in [-0.3, -0.25) is 0 Å². The fourth-order valence-electron chi connectivity index (χ4n) is 2.53. The van der Waals surface area contributed by atoms with Crippen molar-refractivity contribution >= 4 is 17.1 Å². The second-order valence-corrected chi connectivity index (χ2v) is 6.55. The number of imidazole rings is 1. The van der Waals surface area contributed by atoms with E-state index in [1.807, 2.05) is 45.0 Å². The van der Waals surface area contributed by atoms with Crippen LogP contribution in [0.5, 0.6) is 0 Å². The lowest BCUT2D eigenvalue weighted by Crippen LogP contribution is -2.42. The van der Waals surface area contributed by atoms with Crippen LogP contribution in [0.3, 0.4) is 0 Å². The monoisotopic (exact) mass is 318 g/mol. The number of aromatic nitrogens is 2. The fraction of sp³-hybridized carbons (Fsp3) is 0.529. The molecule has 0 unspecified atom stereocenters. The van der Waals surface area contributed by atoms with Gasteiger partial charge in [0.15, 0.2) is 0 Å². The Bertz CT molecular complexity index is 664. The van der Waals surface area contributed by atoms with Gasteiger partial charge in [-0.1, -0.05) is 26.0 Å². The number of hydrogen-bond acceptors (Lipinski definition) is 3. The van der Waals surface area contributed by atoms with Gasteiger partial charge in [0.2, 0.25) is 0 Å². The Kier molecular flexibility index (Phi) is 5.60. The van der Waals surface area contributed by atoms with Gasteiger partial charge in [-0.05, 0) is 30.9 Å². The Morgan fingerprint density at radius 3 is 2.78 bits per heavy atom. The highest BCUT2D eigenvalue weighted by Crippen LogP contribution is 2.17. The summed E-state index contributed by atoms with van der Waals surface area (Å²) in [6.07, 6.45) is 0.660. The van der Waals surface area contributed by atoms with Crippen molar-refractivity contribution in [2.45, 2.75) is 33.7 Å². The number of carbonyl (C=O) groups is 1. The molecule has 2 aromatic rings. The molecule has 0 saturated carbocycles. The Balaban J connectivity index is 1.82. The molecule has 0 aliphatic rings. The van der Waals surface area contributed by atoms with E-state index in [9.17, 15) is 4.79 Å². The first-order chi connectivity index (χ1) is 10.9. The van der Waals surface area contributed by atoms with Crippen LogP contribution >= 0.6 is 0 Å². The van der Waals surface area contributed by atoms with Crippen LogP contribution in [0.4, 0.5) is 4.79 Å². The number of hydrogen-bond donors (Lipinski definition) is 3. The van der Waals surface area contributed by atoms with E-state index in [1.165, 1.54) is 0 Å². The third-order valence-electron chi connectivity index (χ3n) is 3.98. The molecule has 0 fully saturated rings. The number of aliphatic hydroxyl groups excluding tert-OH is 1. The van der Waals surface area contributed by atoms with Crippen LogP contribution in [0.15, 0.2) is 24.3 Å². The molecule has 0 atom stereocenters. The SMILES string of the molecule is Cc1nc2ccccc2n1CCNC(=O)NCC(C)(C)CCO. The highest BCUT2D eigenvalue weighted by Gasteiger charge is 2.17.